The summed E-state index contributed by atoms with van der Waals surface area (Å²) in [5.41, 5.74) is 3.70. The highest BCUT2D eigenvalue weighted by Crippen LogP contribution is 2.37. The van der Waals surface area contributed by atoms with Gasteiger partial charge >= 0.3 is 0 Å². The van der Waals surface area contributed by atoms with E-state index < -0.39 is 5.92 Å². The largest absolute Gasteiger partial charge is 0.382 e. The number of nitrogens with one attached hydrogen (secondary N) is 2. The van der Waals surface area contributed by atoms with Gasteiger partial charge < -0.3 is 15.4 Å². The number of carbonyl (C=O) groups is 1. The van der Waals surface area contributed by atoms with Crippen molar-refractivity contribution in [3.8, 4) is 12.1 Å². The normalized spacial score (nSPS) is 14.4. The maximum Gasteiger partial charge on any atom is 0.251 e. The first kappa shape index (κ1) is 20.2. The molecule has 1 amide bonds. The lowest BCUT2D eigenvalue weighted by Crippen LogP contribution is -2.26. The van der Waals surface area contributed by atoms with Gasteiger partial charge in [0.05, 0.1) is 29.2 Å². The lowest BCUT2D eigenvalue weighted by Gasteiger charge is -2.26. The van der Waals surface area contributed by atoms with Gasteiger partial charge in [0.15, 0.2) is 0 Å². The zero-order valence-corrected chi connectivity index (χ0v) is 15.9. The number of nitriles is 2. The van der Waals surface area contributed by atoms with Gasteiger partial charge in [-0.25, -0.2) is 0 Å². The molecule has 6 heteroatoms. The molecule has 1 aromatic carbocycles. The molecule has 0 radical (unpaired) electrons. The smallest absolute Gasteiger partial charge is 0.251 e. The molecule has 0 saturated heterocycles. The van der Waals surface area contributed by atoms with Crippen LogP contribution in [0.15, 0.2) is 46.8 Å². The number of carbonyl (C=O) groups excluding carboxylic acids is 1. The SMILES string of the molecule is CCOCCCNC(=O)c1cccc(C2C(C#N)=C(C)NC(C)=C2C#N)c1. The number of benzene rings is 1. The highest BCUT2D eigenvalue weighted by atomic mass is 16.5. The second-order valence-electron chi connectivity index (χ2n) is 6.29. The summed E-state index contributed by atoms with van der Waals surface area (Å²) in [6.45, 7) is 7.37. The molecule has 0 saturated carbocycles. The molecule has 140 valence electrons. The molecular formula is C21H24N4O2. The van der Waals surface area contributed by atoms with Gasteiger partial charge in [-0.3, -0.25) is 4.79 Å². The molecule has 0 aromatic heterocycles. The molecule has 0 atom stereocenters. The van der Waals surface area contributed by atoms with Gasteiger partial charge in [-0.1, -0.05) is 12.1 Å². The third-order valence-corrected chi connectivity index (χ3v) is 4.44. The standard InChI is InChI=1S/C21H24N4O2/c1-4-27-10-6-9-24-21(26)17-8-5-7-16(11-17)20-18(12-22)14(2)25-15(3)19(20)13-23/h5,7-8,11,20,25H,4,6,9-10H2,1-3H3,(H,24,26). The second kappa shape index (κ2) is 9.56. The molecule has 1 aliphatic rings. The van der Waals surface area contributed by atoms with E-state index in [4.69, 9.17) is 4.74 Å². The van der Waals surface area contributed by atoms with Gasteiger partial charge in [0, 0.05) is 36.7 Å². The van der Waals surface area contributed by atoms with E-state index in [2.05, 4.69) is 22.8 Å². The van der Waals surface area contributed by atoms with Crippen molar-refractivity contribution in [1.29, 1.82) is 10.5 Å². The Morgan fingerprint density at radius 1 is 1.22 bits per heavy atom. The van der Waals surface area contributed by atoms with Crippen LogP contribution in [0.3, 0.4) is 0 Å². The number of dihydropyridines is 1. The monoisotopic (exact) mass is 364 g/mol. The summed E-state index contributed by atoms with van der Waals surface area (Å²) in [5, 5.41) is 25.1. The van der Waals surface area contributed by atoms with Gasteiger partial charge in [-0.05, 0) is 44.9 Å². The van der Waals surface area contributed by atoms with Crippen molar-refractivity contribution in [3.05, 3.63) is 57.9 Å². The third kappa shape index (κ3) is 4.75. The number of amides is 1. The first-order valence-corrected chi connectivity index (χ1v) is 8.98. The Morgan fingerprint density at radius 3 is 2.48 bits per heavy atom. The minimum absolute atomic E-state index is 0.180. The number of rotatable bonds is 7. The van der Waals surface area contributed by atoms with Crippen LogP contribution in [0.1, 0.15) is 49.0 Å². The zero-order chi connectivity index (χ0) is 19.8. The molecule has 2 N–H and O–H groups in total. The van der Waals surface area contributed by atoms with Crippen LogP contribution in [0.4, 0.5) is 0 Å². The summed E-state index contributed by atoms with van der Waals surface area (Å²) < 4.78 is 5.26. The van der Waals surface area contributed by atoms with Crippen LogP contribution in [0.2, 0.25) is 0 Å². The van der Waals surface area contributed by atoms with E-state index >= 15 is 0 Å². The fourth-order valence-corrected chi connectivity index (χ4v) is 3.11. The van der Waals surface area contributed by atoms with E-state index in [-0.39, 0.29) is 5.91 Å². The maximum absolute atomic E-state index is 12.4. The molecule has 2 rings (SSSR count). The minimum Gasteiger partial charge on any atom is -0.382 e. The van der Waals surface area contributed by atoms with Crippen LogP contribution in [0.25, 0.3) is 0 Å². The van der Waals surface area contributed by atoms with Crippen molar-refractivity contribution in [3.63, 3.8) is 0 Å². The number of ether oxygens (including phenoxy) is 1. The van der Waals surface area contributed by atoms with Gasteiger partial charge in [0.25, 0.3) is 5.91 Å². The van der Waals surface area contributed by atoms with Crippen LogP contribution in [-0.4, -0.2) is 25.7 Å². The van der Waals surface area contributed by atoms with E-state index in [1.54, 1.807) is 18.2 Å². The number of allylic oxidation sites excluding steroid dienone is 4. The Hall–Kier alpha value is -3.09. The van der Waals surface area contributed by atoms with Crippen molar-refractivity contribution >= 4 is 5.91 Å². The van der Waals surface area contributed by atoms with Crippen molar-refractivity contribution in [2.75, 3.05) is 19.8 Å². The molecular weight excluding hydrogens is 340 g/mol. The van der Waals surface area contributed by atoms with Gasteiger partial charge in [0.2, 0.25) is 0 Å². The topological polar surface area (TPSA) is 97.9 Å². The molecule has 1 aromatic rings. The average Bonchev–Trinajstić information content (AvgIpc) is 2.67. The highest BCUT2D eigenvalue weighted by Gasteiger charge is 2.29. The highest BCUT2D eigenvalue weighted by molar-refractivity contribution is 5.94. The summed E-state index contributed by atoms with van der Waals surface area (Å²) in [4.78, 5) is 12.4. The van der Waals surface area contributed by atoms with Crippen LogP contribution < -0.4 is 10.6 Å². The number of hydrogen-bond acceptors (Lipinski definition) is 5. The fourth-order valence-electron chi connectivity index (χ4n) is 3.11. The lowest BCUT2D eigenvalue weighted by molar-refractivity contribution is 0.0944. The van der Waals surface area contributed by atoms with E-state index in [1.165, 1.54) is 0 Å². The van der Waals surface area contributed by atoms with Crippen LogP contribution >= 0.6 is 0 Å². The Labute approximate surface area is 160 Å². The summed E-state index contributed by atoms with van der Waals surface area (Å²) in [7, 11) is 0. The fraction of sp³-hybridized carbons (Fsp3) is 0.381. The maximum atomic E-state index is 12.4. The molecule has 27 heavy (non-hydrogen) atoms. The Morgan fingerprint density at radius 2 is 1.89 bits per heavy atom. The van der Waals surface area contributed by atoms with Crippen LogP contribution in [0, 0.1) is 22.7 Å². The van der Waals surface area contributed by atoms with Gasteiger partial charge in [-0.15, -0.1) is 0 Å². The quantitative estimate of drug-likeness (QED) is 0.724. The molecule has 6 nitrogen and oxygen atoms in total. The first-order valence-electron chi connectivity index (χ1n) is 8.98. The summed E-state index contributed by atoms with van der Waals surface area (Å²) in [5.74, 6) is -0.646. The molecule has 0 fully saturated rings. The van der Waals surface area contributed by atoms with E-state index in [0.29, 0.717) is 36.5 Å². The third-order valence-electron chi connectivity index (χ3n) is 4.44. The van der Waals surface area contributed by atoms with Gasteiger partial charge in [0.1, 0.15) is 0 Å². The van der Waals surface area contributed by atoms with E-state index in [9.17, 15) is 15.3 Å². The zero-order valence-electron chi connectivity index (χ0n) is 15.9. The van der Waals surface area contributed by atoms with Crippen LogP contribution in [-0.2, 0) is 4.74 Å². The Kier molecular flexibility index (Phi) is 7.16. The average molecular weight is 364 g/mol. The predicted octanol–water partition coefficient (Wildman–Crippen LogP) is 3.12. The number of nitrogens with zero attached hydrogens (tertiary/aromatic N) is 2. The molecule has 0 bridgehead atoms. The first-order chi connectivity index (χ1) is 13.0. The summed E-state index contributed by atoms with van der Waals surface area (Å²) in [6.07, 6.45) is 0.745. The molecule has 1 heterocycles. The Bertz CT molecular complexity index is 820. The molecule has 0 aliphatic carbocycles. The lowest BCUT2D eigenvalue weighted by atomic mass is 9.81. The van der Waals surface area contributed by atoms with Gasteiger partial charge in [-0.2, -0.15) is 10.5 Å². The van der Waals surface area contributed by atoms with Crippen molar-refractivity contribution < 1.29 is 9.53 Å². The Balaban J connectivity index is 2.25. The van der Waals surface area contributed by atoms with E-state index in [0.717, 1.165) is 23.4 Å². The molecule has 0 spiro atoms. The summed E-state index contributed by atoms with van der Waals surface area (Å²) >= 11 is 0. The second-order valence-corrected chi connectivity index (χ2v) is 6.29. The number of hydrogen-bond donors (Lipinski definition) is 2. The van der Waals surface area contributed by atoms with Crippen molar-refractivity contribution in [2.45, 2.75) is 33.1 Å². The summed E-state index contributed by atoms with van der Waals surface area (Å²) in [6, 6.07) is 11.5. The van der Waals surface area contributed by atoms with Crippen LogP contribution in [0.5, 0.6) is 0 Å². The predicted molar refractivity (Wildman–Crippen MR) is 102 cm³/mol. The van der Waals surface area contributed by atoms with Crippen molar-refractivity contribution in [2.24, 2.45) is 0 Å². The molecule has 1 aliphatic heterocycles. The van der Waals surface area contributed by atoms with E-state index in [1.807, 2.05) is 26.8 Å². The van der Waals surface area contributed by atoms with Crippen molar-refractivity contribution in [1.82, 2.24) is 10.6 Å². The molecule has 0 unspecified atom stereocenters. The minimum atomic E-state index is -0.466.